The highest BCUT2D eigenvalue weighted by Gasteiger charge is 2.37. The minimum atomic E-state index is -2.49. The van der Waals surface area contributed by atoms with Crippen LogP contribution in [-0.2, 0) is 0 Å². The van der Waals surface area contributed by atoms with Gasteiger partial charge in [0.2, 0.25) is 5.92 Å². The Kier molecular flexibility index (Phi) is 3.80. The zero-order valence-corrected chi connectivity index (χ0v) is 10.0. The zero-order chi connectivity index (χ0) is 11.6. The van der Waals surface area contributed by atoms with Crippen LogP contribution >= 0.6 is 0 Å². The zero-order valence-electron chi connectivity index (χ0n) is 10.0. The Hall–Kier alpha value is -0.220. The molecule has 4 heteroatoms. The first-order valence-electron chi connectivity index (χ1n) is 6.40. The van der Waals surface area contributed by atoms with Gasteiger partial charge in [-0.25, -0.2) is 8.78 Å². The molecule has 2 saturated heterocycles. The molecule has 16 heavy (non-hydrogen) atoms. The average Bonchev–Trinajstić information content (AvgIpc) is 2.29. The molecule has 2 aliphatic rings. The summed E-state index contributed by atoms with van der Waals surface area (Å²) < 4.78 is 26.3. The van der Waals surface area contributed by atoms with Crippen LogP contribution in [0.4, 0.5) is 8.78 Å². The molecule has 94 valence electrons. The van der Waals surface area contributed by atoms with Crippen molar-refractivity contribution < 1.29 is 8.78 Å². The van der Waals surface area contributed by atoms with E-state index in [1.165, 1.54) is 12.8 Å². The quantitative estimate of drug-likeness (QED) is 0.784. The van der Waals surface area contributed by atoms with Crippen LogP contribution in [0.25, 0.3) is 0 Å². The molecule has 0 spiro atoms. The topological polar surface area (TPSA) is 15.3 Å². The number of piperidine rings is 2. The molecule has 2 nitrogen and oxygen atoms in total. The lowest BCUT2D eigenvalue weighted by atomic mass is 9.89. The van der Waals surface area contributed by atoms with E-state index >= 15 is 0 Å². The van der Waals surface area contributed by atoms with Gasteiger partial charge >= 0.3 is 0 Å². The maximum atomic E-state index is 13.1. The Morgan fingerprint density at radius 1 is 1.06 bits per heavy atom. The van der Waals surface area contributed by atoms with E-state index in [2.05, 4.69) is 10.2 Å². The molecule has 2 heterocycles. The second-order valence-electron chi connectivity index (χ2n) is 5.25. The summed E-state index contributed by atoms with van der Waals surface area (Å²) in [5, 5.41) is 3.34. The summed E-state index contributed by atoms with van der Waals surface area (Å²) in [4.78, 5) is 2.42. The molecule has 2 fully saturated rings. The maximum absolute atomic E-state index is 13.1. The molecular formula is C12H22F2N2. The third-order valence-electron chi connectivity index (χ3n) is 4.07. The normalized spacial score (nSPS) is 27.2. The third kappa shape index (κ3) is 2.92. The van der Waals surface area contributed by atoms with E-state index in [0.29, 0.717) is 18.9 Å². The SMILES string of the molecule is CC(F)(F)C1CCN(C2CCNCC2)CC1. The van der Waals surface area contributed by atoms with Gasteiger partial charge in [0.15, 0.2) is 0 Å². The van der Waals surface area contributed by atoms with Crippen molar-refractivity contribution in [2.75, 3.05) is 26.2 Å². The van der Waals surface area contributed by atoms with Crippen LogP contribution in [-0.4, -0.2) is 43.0 Å². The average molecular weight is 232 g/mol. The van der Waals surface area contributed by atoms with E-state index in [4.69, 9.17) is 0 Å². The number of alkyl halides is 2. The highest BCUT2D eigenvalue weighted by atomic mass is 19.3. The summed E-state index contributed by atoms with van der Waals surface area (Å²) in [5.41, 5.74) is 0. The Morgan fingerprint density at radius 3 is 2.12 bits per heavy atom. The molecule has 0 aliphatic carbocycles. The molecule has 0 amide bonds. The standard InChI is InChI=1S/C12H22F2N2/c1-12(13,14)10-4-8-16(9-5-10)11-2-6-15-7-3-11/h10-11,15H,2-9H2,1H3. The van der Waals surface area contributed by atoms with E-state index in [9.17, 15) is 8.78 Å². The van der Waals surface area contributed by atoms with Gasteiger partial charge in [0, 0.05) is 12.0 Å². The van der Waals surface area contributed by atoms with Gasteiger partial charge in [-0.1, -0.05) is 0 Å². The molecule has 0 radical (unpaired) electrons. The Bertz CT molecular complexity index is 214. The summed E-state index contributed by atoms with van der Waals surface area (Å²) >= 11 is 0. The number of rotatable bonds is 2. The molecule has 0 unspecified atom stereocenters. The first-order chi connectivity index (χ1) is 7.57. The van der Waals surface area contributed by atoms with Gasteiger partial charge in [0.05, 0.1) is 0 Å². The number of likely N-dealkylation sites (tertiary alicyclic amines) is 1. The van der Waals surface area contributed by atoms with E-state index in [1.54, 1.807) is 0 Å². The van der Waals surface area contributed by atoms with E-state index in [0.717, 1.165) is 33.1 Å². The number of hydrogen-bond acceptors (Lipinski definition) is 2. The fraction of sp³-hybridized carbons (Fsp3) is 1.00. The second kappa shape index (κ2) is 4.96. The maximum Gasteiger partial charge on any atom is 0.248 e. The first kappa shape index (κ1) is 12.2. The van der Waals surface area contributed by atoms with E-state index in [-0.39, 0.29) is 0 Å². The van der Waals surface area contributed by atoms with Crippen LogP contribution in [0.5, 0.6) is 0 Å². The van der Waals surface area contributed by atoms with Gasteiger partial charge in [-0.15, -0.1) is 0 Å². The Labute approximate surface area is 96.4 Å². The smallest absolute Gasteiger partial charge is 0.248 e. The predicted molar refractivity (Wildman–Crippen MR) is 60.8 cm³/mol. The lowest BCUT2D eigenvalue weighted by molar-refractivity contribution is -0.0667. The molecule has 0 saturated carbocycles. The molecule has 2 rings (SSSR count). The molecule has 1 N–H and O–H groups in total. The molecule has 0 aromatic heterocycles. The minimum Gasteiger partial charge on any atom is -0.317 e. The Balaban J connectivity index is 1.80. The van der Waals surface area contributed by atoms with Crippen molar-refractivity contribution in [3.8, 4) is 0 Å². The minimum absolute atomic E-state index is 0.398. The van der Waals surface area contributed by atoms with Crippen molar-refractivity contribution >= 4 is 0 Å². The van der Waals surface area contributed by atoms with Crippen molar-refractivity contribution in [1.82, 2.24) is 10.2 Å². The molecular weight excluding hydrogens is 210 g/mol. The molecule has 0 aromatic carbocycles. The van der Waals surface area contributed by atoms with Crippen molar-refractivity contribution in [2.45, 2.75) is 44.6 Å². The van der Waals surface area contributed by atoms with Crippen LogP contribution in [0, 0.1) is 5.92 Å². The third-order valence-corrected chi connectivity index (χ3v) is 4.07. The Morgan fingerprint density at radius 2 is 1.62 bits per heavy atom. The molecule has 0 bridgehead atoms. The fourth-order valence-electron chi connectivity index (χ4n) is 2.94. The number of nitrogens with zero attached hydrogens (tertiary/aromatic N) is 1. The summed E-state index contributed by atoms with van der Waals surface area (Å²) in [6.45, 7) is 4.94. The van der Waals surface area contributed by atoms with Crippen LogP contribution in [0.3, 0.4) is 0 Å². The van der Waals surface area contributed by atoms with Crippen LogP contribution < -0.4 is 5.32 Å². The largest absolute Gasteiger partial charge is 0.317 e. The van der Waals surface area contributed by atoms with Crippen molar-refractivity contribution in [3.05, 3.63) is 0 Å². The van der Waals surface area contributed by atoms with Gasteiger partial charge < -0.3 is 10.2 Å². The molecule has 0 atom stereocenters. The highest BCUT2D eigenvalue weighted by molar-refractivity contribution is 4.85. The molecule has 2 aliphatic heterocycles. The first-order valence-corrected chi connectivity index (χ1v) is 6.40. The van der Waals surface area contributed by atoms with Gasteiger partial charge in [-0.05, 0) is 58.8 Å². The van der Waals surface area contributed by atoms with Gasteiger partial charge in [-0.2, -0.15) is 0 Å². The lowest BCUT2D eigenvalue weighted by Gasteiger charge is -2.40. The van der Waals surface area contributed by atoms with Gasteiger partial charge in [-0.3, -0.25) is 0 Å². The lowest BCUT2D eigenvalue weighted by Crippen LogP contribution is -2.48. The van der Waals surface area contributed by atoms with Crippen molar-refractivity contribution in [2.24, 2.45) is 5.92 Å². The number of nitrogens with one attached hydrogen (secondary N) is 1. The molecule has 0 aromatic rings. The van der Waals surface area contributed by atoms with Crippen LogP contribution in [0.2, 0.25) is 0 Å². The monoisotopic (exact) mass is 232 g/mol. The number of halogens is 2. The van der Waals surface area contributed by atoms with E-state index < -0.39 is 11.8 Å². The van der Waals surface area contributed by atoms with Crippen molar-refractivity contribution in [3.63, 3.8) is 0 Å². The summed E-state index contributed by atoms with van der Waals surface area (Å²) in [6.07, 6.45) is 3.67. The number of hydrogen-bond donors (Lipinski definition) is 1. The van der Waals surface area contributed by atoms with Gasteiger partial charge in [0.1, 0.15) is 0 Å². The predicted octanol–water partition coefficient (Wildman–Crippen LogP) is 2.11. The summed E-state index contributed by atoms with van der Waals surface area (Å²) in [7, 11) is 0. The van der Waals surface area contributed by atoms with E-state index in [1.807, 2.05) is 0 Å². The summed E-state index contributed by atoms with van der Waals surface area (Å²) in [5.74, 6) is -2.88. The van der Waals surface area contributed by atoms with Gasteiger partial charge in [0.25, 0.3) is 0 Å². The summed E-state index contributed by atoms with van der Waals surface area (Å²) in [6, 6.07) is 0.632. The fourth-order valence-corrected chi connectivity index (χ4v) is 2.94. The van der Waals surface area contributed by atoms with Crippen LogP contribution in [0.15, 0.2) is 0 Å². The highest BCUT2D eigenvalue weighted by Crippen LogP contribution is 2.33. The second-order valence-corrected chi connectivity index (χ2v) is 5.25. The van der Waals surface area contributed by atoms with Crippen molar-refractivity contribution in [1.29, 1.82) is 0 Å². The van der Waals surface area contributed by atoms with Crippen LogP contribution in [0.1, 0.15) is 32.6 Å².